The topological polar surface area (TPSA) is 60.7 Å². The van der Waals surface area contributed by atoms with Gasteiger partial charge in [-0.2, -0.15) is 0 Å². The summed E-state index contributed by atoms with van der Waals surface area (Å²) in [7, 11) is 0. The molecule has 0 radical (unpaired) electrons. The number of halogens is 2. The number of ether oxygens (including phenoxy) is 1. The van der Waals surface area contributed by atoms with E-state index in [1.807, 2.05) is 24.3 Å². The Morgan fingerprint density at radius 2 is 1.77 bits per heavy atom. The molecule has 2 aromatic heterocycles. The summed E-state index contributed by atoms with van der Waals surface area (Å²) in [6, 6.07) is 18.2. The predicted molar refractivity (Wildman–Crippen MR) is 122 cm³/mol. The fourth-order valence-electron chi connectivity index (χ4n) is 3.20. The summed E-state index contributed by atoms with van der Waals surface area (Å²) in [5.74, 6) is -0.679. The van der Waals surface area contributed by atoms with E-state index < -0.39 is 5.97 Å². The molecule has 0 aliphatic rings. The third kappa shape index (κ3) is 3.95. The van der Waals surface area contributed by atoms with Crippen LogP contribution in [-0.4, -0.2) is 27.7 Å². The van der Waals surface area contributed by atoms with E-state index in [0.29, 0.717) is 28.0 Å². The third-order valence-electron chi connectivity index (χ3n) is 4.62. The average Bonchev–Trinajstić information content (AvgIpc) is 3.13. The molecule has 0 bridgehead atoms. The van der Waals surface area contributed by atoms with Gasteiger partial charge in [0.15, 0.2) is 0 Å². The minimum Gasteiger partial charge on any atom is -0.462 e. The van der Waals surface area contributed by atoms with Crippen LogP contribution in [0.5, 0.6) is 0 Å². The van der Waals surface area contributed by atoms with Crippen molar-refractivity contribution >= 4 is 49.1 Å². The molecule has 150 valence electrons. The summed E-state index contributed by atoms with van der Waals surface area (Å²) < 4.78 is 8.66. The van der Waals surface area contributed by atoms with Crippen molar-refractivity contribution < 1.29 is 14.3 Å². The zero-order valence-electron chi connectivity index (χ0n) is 15.9. The molecule has 2 aromatic carbocycles. The molecule has 0 saturated carbocycles. The summed E-state index contributed by atoms with van der Waals surface area (Å²) in [4.78, 5) is 30.3. The van der Waals surface area contributed by atoms with Gasteiger partial charge in [0.05, 0.1) is 29.1 Å². The second-order valence-corrected chi connectivity index (χ2v) is 8.37. The summed E-state index contributed by atoms with van der Waals surface area (Å²) in [6.07, 6.45) is 1.57. The Hall–Kier alpha value is -2.77. The van der Waals surface area contributed by atoms with Crippen molar-refractivity contribution in [2.75, 3.05) is 6.61 Å². The molecule has 5 nitrogen and oxygen atoms in total. The monoisotopic (exact) mass is 526 g/mol. The second-order valence-electron chi connectivity index (χ2n) is 6.54. The lowest BCUT2D eigenvalue weighted by molar-refractivity contribution is 0.0529. The molecule has 0 fully saturated rings. The zero-order chi connectivity index (χ0) is 21.3. The van der Waals surface area contributed by atoms with Gasteiger partial charge in [0, 0.05) is 20.1 Å². The molecular formula is C23H16Br2N2O3. The quantitative estimate of drug-likeness (QED) is 0.238. The molecule has 0 unspecified atom stereocenters. The Labute approximate surface area is 190 Å². The van der Waals surface area contributed by atoms with Gasteiger partial charge in [-0.25, -0.2) is 9.78 Å². The Bertz CT molecular complexity index is 1260. The highest BCUT2D eigenvalue weighted by Gasteiger charge is 2.22. The van der Waals surface area contributed by atoms with E-state index in [4.69, 9.17) is 4.74 Å². The Morgan fingerprint density at radius 1 is 1.00 bits per heavy atom. The fraction of sp³-hybridized carbons (Fsp3) is 0.0870. The molecule has 4 aromatic rings. The lowest BCUT2D eigenvalue weighted by Crippen LogP contribution is -2.05. The van der Waals surface area contributed by atoms with E-state index in [2.05, 4.69) is 36.8 Å². The first kappa shape index (κ1) is 20.5. The van der Waals surface area contributed by atoms with Crippen LogP contribution in [0.4, 0.5) is 0 Å². The number of fused-ring (bicyclic) bond motifs is 1. The van der Waals surface area contributed by atoms with Crippen LogP contribution in [0.3, 0.4) is 0 Å². The summed E-state index contributed by atoms with van der Waals surface area (Å²) >= 11 is 6.84. The predicted octanol–water partition coefficient (Wildman–Crippen LogP) is 5.93. The van der Waals surface area contributed by atoms with Crippen LogP contribution < -0.4 is 0 Å². The maximum Gasteiger partial charge on any atom is 0.340 e. The molecular weight excluding hydrogens is 512 g/mol. The number of hydrogen-bond donors (Lipinski definition) is 0. The standard InChI is InChI=1S/C23H16Br2N2O3/c1-2-30-23(29)18-11-21(22(28)14-6-8-16(24)9-7-14)27-13-26-19(12-20(18)27)15-4-3-5-17(25)10-15/h3-13H,2H2,1H3. The van der Waals surface area contributed by atoms with Gasteiger partial charge in [-0.1, -0.05) is 44.0 Å². The van der Waals surface area contributed by atoms with Gasteiger partial charge in [0.25, 0.3) is 0 Å². The SMILES string of the molecule is CCOC(=O)c1cc(C(=O)c2ccc(Br)cc2)n2cnc(-c3cccc(Br)c3)cc12. The van der Waals surface area contributed by atoms with E-state index >= 15 is 0 Å². The van der Waals surface area contributed by atoms with Gasteiger partial charge in [0.1, 0.15) is 6.33 Å². The zero-order valence-corrected chi connectivity index (χ0v) is 19.1. The van der Waals surface area contributed by atoms with Crippen LogP contribution in [0.2, 0.25) is 0 Å². The Kier molecular flexibility index (Phi) is 5.83. The van der Waals surface area contributed by atoms with E-state index in [1.54, 1.807) is 54.0 Å². The summed E-state index contributed by atoms with van der Waals surface area (Å²) in [5.41, 5.74) is 3.35. The largest absolute Gasteiger partial charge is 0.462 e. The number of benzene rings is 2. The molecule has 7 heteroatoms. The van der Waals surface area contributed by atoms with Gasteiger partial charge >= 0.3 is 5.97 Å². The van der Waals surface area contributed by atoms with E-state index in [1.165, 1.54) is 0 Å². The molecule has 0 aliphatic heterocycles. The lowest BCUT2D eigenvalue weighted by atomic mass is 10.1. The third-order valence-corrected chi connectivity index (χ3v) is 5.64. The molecule has 0 N–H and O–H groups in total. The normalized spacial score (nSPS) is 10.9. The van der Waals surface area contributed by atoms with Crippen LogP contribution in [0.1, 0.15) is 33.3 Å². The lowest BCUT2D eigenvalue weighted by Gasteiger charge is -2.06. The van der Waals surface area contributed by atoms with Gasteiger partial charge in [-0.05, 0) is 55.5 Å². The number of rotatable bonds is 5. The van der Waals surface area contributed by atoms with E-state index in [-0.39, 0.29) is 12.4 Å². The smallest absolute Gasteiger partial charge is 0.340 e. The van der Waals surface area contributed by atoms with E-state index in [0.717, 1.165) is 14.5 Å². The first-order chi connectivity index (χ1) is 14.5. The summed E-state index contributed by atoms with van der Waals surface area (Å²) in [6.45, 7) is 1.99. The van der Waals surface area contributed by atoms with Crippen molar-refractivity contribution in [2.45, 2.75) is 6.92 Å². The number of nitrogens with zero attached hydrogens (tertiary/aromatic N) is 2. The van der Waals surface area contributed by atoms with Crippen LogP contribution in [0.25, 0.3) is 16.8 Å². The molecule has 0 amide bonds. The number of aromatic nitrogens is 2. The number of hydrogen-bond acceptors (Lipinski definition) is 4. The van der Waals surface area contributed by atoms with Crippen molar-refractivity contribution in [2.24, 2.45) is 0 Å². The average molecular weight is 528 g/mol. The number of carbonyl (C=O) groups is 2. The maximum atomic E-state index is 13.1. The van der Waals surface area contributed by atoms with Crippen molar-refractivity contribution in [3.05, 3.63) is 92.8 Å². The number of esters is 1. The second kappa shape index (κ2) is 8.53. The highest BCUT2D eigenvalue weighted by molar-refractivity contribution is 9.10. The van der Waals surface area contributed by atoms with Gasteiger partial charge in [0.2, 0.25) is 5.78 Å². The number of ketones is 1. The molecule has 2 heterocycles. The highest BCUT2D eigenvalue weighted by atomic mass is 79.9. The Balaban J connectivity index is 1.88. The van der Waals surface area contributed by atoms with Gasteiger partial charge in [-0.3, -0.25) is 9.20 Å². The maximum absolute atomic E-state index is 13.1. The van der Waals surface area contributed by atoms with Crippen molar-refractivity contribution in [3.63, 3.8) is 0 Å². The molecule has 0 aliphatic carbocycles. The first-order valence-corrected chi connectivity index (χ1v) is 10.8. The minimum atomic E-state index is -0.476. The van der Waals surface area contributed by atoms with Crippen molar-refractivity contribution in [1.29, 1.82) is 0 Å². The molecule has 0 saturated heterocycles. The fourth-order valence-corrected chi connectivity index (χ4v) is 3.86. The Morgan fingerprint density at radius 3 is 2.47 bits per heavy atom. The summed E-state index contributed by atoms with van der Waals surface area (Å²) in [5, 5.41) is 0. The molecule has 4 rings (SSSR count). The molecule has 30 heavy (non-hydrogen) atoms. The van der Waals surface area contributed by atoms with Crippen LogP contribution >= 0.6 is 31.9 Å². The molecule has 0 spiro atoms. The van der Waals surface area contributed by atoms with Crippen LogP contribution in [0, 0.1) is 0 Å². The number of carbonyl (C=O) groups excluding carboxylic acids is 2. The van der Waals surface area contributed by atoms with Crippen LogP contribution in [-0.2, 0) is 4.74 Å². The first-order valence-electron chi connectivity index (χ1n) is 9.22. The van der Waals surface area contributed by atoms with Crippen molar-refractivity contribution in [3.8, 4) is 11.3 Å². The van der Waals surface area contributed by atoms with E-state index in [9.17, 15) is 9.59 Å². The van der Waals surface area contributed by atoms with Crippen molar-refractivity contribution in [1.82, 2.24) is 9.38 Å². The van der Waals surface area contributed by atoms with Gasteiger partial charge < -0.3 is 4.74 Å². The van der Waals surface area contributed by atoms with Gasteiger partial charge in [-0.15, -0.1) is 0 Å². The minimum absolute atomic E-state index is 0.204. The molecule has 0 atom stereocenters. The van der Waals surface area contributed by atoms with Crippen LogP contribution in [0.15, 0.2) is 75.9 Å². The highest BCUT2D eigenvalue weighted by Crippen LogP contribution is 2.27.